The molecule has 3 nitrogen and oxygen atoms in total. The molecular formula is C16H32N2OS. The van der Waals surface area contributed by atoms with Gasteiger partial charge in [-0.15, -0.1) is 0 Å². The highest BCUT2D eigenvalue weighted by Crippen LogP contribution is 2.19. The molecule has 2 atom stereocenters. The molecular weight excluding hydrogens is 268 g/mol. The molecule has 1 N–H and O–H groups in total. The van der Waals surface area contributed by atoms with Crippen molar-refractivity contribution < 1.29 is 4.79 Å². The Labute approximate surface area is 129 Å². The van der Waals surface area contributed by atoms with Crippen LogP contribution in [0.3, 0.4) is 0 Å². The summed E-state index contributed by atoms with van der Waals surface area (Å²) in [6.45, 7) is 5.32. The van der Waals surface area contributed by atoms with Gasteiger partial charge in [0.05, 0.1) is 12.2 Å². The number of amides is 1. The smallest absolute Gasteiger partial charge is 0.241 e. The second-order valence-corrected chi connectivity index (χ2v) is 6.74. The molecule has 0 aromatic rings. The van der Waals surface area contributed by atoms with Gasteiger partial charge in [-0.3, -0.25) is 10.1 Å². The highest BCUT2D eigenvalue weighted by molar-refractivity contribution is 7.98. The molecule has 0 aromatic heterocycles. The number of nitrogens with zero attached hydrogens (tertiary/aromatic N) is 1. The molecule has 0 radical (unpaired) electrons. The van der Waals surface area contributed by atoms with Crippen molar-refractivity contribution in [1.29, 1.82) is 0 Å². The number of carbonyl (C=O) groups is 1. The summed E-state index contributed by atoms with van der Waals surface area (Å²) in [6.07, 6.45) is 11.6. The lowest BCUT2D eigenvalue weighted by Crippen LogP contribution is -2.37. The number of thioether (sulfide) groups is 1. The predicted molar refractivity (Wildman–Crippen MR) is 89.1 cm³/mol. The fourth-order valence-electron chi connectivity index (χ4n) is 2.85. The van der Waals surface area contributed by atoms with Gasteiger partial charge in [-0.25, -0.2) is 0 Å². The lowest BCUT2D eigenvalue weighted by atomic mass is 10.1. The van der Waals surface area contributed by atoms with E-state index >= 15 is 0 Å². The van der Waals surface area contributed by atoms with Crippen LogP contribution in [0.25, 0.3) is 0 Å². The van der Waals surface area contributed by atoms with Crippen molar-refractivity contribution in [3.05, 3.63) is 0 Å². The highest BCUT2D eigenvalue weighted by atomic mass is 32.2. The molecule has 0 spiro atoms. The average molecular weight is 301 g/mol. The van der Waals surface area contributed by atoms with Crippen LogP contribution < -0.4 is 5.32 Å². The van der Waals surface area contributed by atoms with E-state index in [4.69, 9.17) is 0 Å². The van der Waals surface area contributed by atoms with Crippen molar-refractivity contribution in [2.75, 3.05) is 18.6 Å². The number of rotatable bonds is 11. The highest BCUT2D eigenvalue weighted by Gasteiger charge is 2.36. The zero-order valence-electron chi connectivity index (χ0n) is 13.5. The normalized spacial score (nSPS) is 22.8. The maximum atomic E-state index is 12.5. The first-order valence-electron chi connectivity index (χ1n) is 8.30. The summed E-state index contributed by atoms with van der Waals surface area (Å²) in [5, 5.41) is 3.55. The van der Waals surface area contributed by atoms with Gasteiger partial charge in [0.25, 0.3) is 0 Å². The first kappa shape index (κ1) is 17.8. The molecule has 1 fully saturated rings. The summed E-state index contributed by atoms with van der Waals surface area (Å²) in [7, 11) is 0. The molecule has 20 heavy (non-hydrogen) atoms. The van der Waals surface area contributed by atoms with Crippen molar-refractivity contribution in [3.63, 3.8) is 0 Å². The summed E-state index contributed by atoms with van der Waals surface area (Å²) in [5.74, 6) is 1.59. The van der Waals surface area contributed by atoms with Crippen molar-refractivity contribution in [2.45, 2.75) is 77.4 Å². The summed E-state index contributed by atoms with van der Waals surface area (Å²) in [4.78, 5) is 14.6. The molecule has 1 aliphatic heterocycles. The van der Waals surface area contributed by atoms with Gasteiger partial charge in [0.15, 0.2) is 0 Å². The van der Waals surface area contributed by atoms with E-state index in [1.54, 1.807) is 0 Å². The second-order valence-electron chi connectivity index (χ2n) is 5.75. The van der Waals surface area contributed by atoms with Gasteiger partial charge in [-0.2, -0.15) is 11.8 Å². The van der Waals surface area contributed by atoms with E-state index in [1.165, 1.54) is 25.0 Å². The van der Waals surface area contributed by atoms with Gasteiger partial charge in [-0.1, -0.05) is 39.5 Å². The number of unbranched alkanes of at least 4 members (excludes halogenated alkanes) is 3. The monoisotopic (exact) mass is 300 g/mol. The zero-order valence-corrected chi connectivity index (χ0v) is 14.3. The van der Waals surface area contributed by atoms with Crippen LogP contribution in [0.1, 0.15) is 65.2 Å². The van der Waals surface area contributed by atoms with E-state index in [0.29, 0.717) is 5.91 Å². The number of nitrogens with one attached hydrogen (secondary N) is 1. The molecule has 118 valence electrons. The van der Waals surface area contributed by atoms with E-state index in [1.807, 2.05) is 11.8 Å². The van der Waals surface area contributed by atoms with Crippen molar-refractivity contribution in [1.82, 2.24) is 10.2 Å². The van der Waals surface area contributed by atoms with Crippen molar-refractivity contribution in [3.8, 4) is 0 Å². The summed E-state index contributed by atoms with van der Waals surface area (Å²) in [6, 6.07) is 0.0812. The Morgan fingerprint density at radius 3 is 2.55 bits per heavy atom. The Hall–Kier alpha value is -0.220. The molecule has 4 heteroatoms. The van der Waals surface area contributed by atoms with Gasteiger partial charge < -0.3 is 4.90 Å². The van der Waals surface area contributed by atoms with Crippen LogP contribution in [0.5, 0.6) is 0 Å². The van der Waals surface area contributed by atoms with Gasteiger partial charge in [0.2, 0.25) is 5.91 Å². The minimum atomic E-state index is 0.0812. The minimum Gasteiger partial charge on any atom is -0.326 e. The molecule has 0 saturated carbocycles. The summed E-state index contributed by atoms with van der Waals surface area (Å²) < 4.78 is 0. The van der Waals surface area contributed by atoms with Crippen LogP contribution in [0.15, 0.2) is 0 Å². The molecule has 0 aromatic carbocycles. The van der Waals surface area contributed by atoms with E-state index in [9.17, 15) is 4.79 Å². The first-order valence-corrected chi connectivity index (χ1v) is 9.69. The quantitative estimate of drug-likeness (QED) is 0.591. The van der Waals surface area contributed by atoms with E-state index in [2.05, 4.69) is 30.3 Å². The maximum Gasteiger partial charge on any atom is 0.241 e. The van der Waals surface area contributed by atoms with Crippen LogP contribution in [0.2, 0.25) is 0 Å². The first-order chi connectivity index (χ1) is 9.74. The molecule has 1 aliphatic rings. The number of hydrogen-bond donors (Lipinski definition) is 1. The number of hydrogen-bond acceptors (Lipinski definition) is 3. The Morgan fingerprint density at radius 2 is 1.90 bits per heavy atom. The zero-order chi connectivity index (χ0) is 14.8. The third kappa shape index (κ3) is 5.65. The fraction of sp³-hybridized carbons (Fsp3) is 0.938. The van der Waals surface area contributed by atoms with Gasteiger partial charge in [0.1, 0.15) is 0 Å². The Kier molecular flexibility index (Phi) is 9.36. The molecule has 2 unspecified atom stereocenters. The summed E-state index contributed by atoms with van der Waals surface area (Å²) >= 11 is 1.91. The molecule has 1 rings (SSSR count). The minimum absolute atomic E-state index is 0.0812. The lowest BCUT2D eigenvalue weighted by Gasteiger charge is -2.23. The molecule has 0 aliphatic carbocycles. The standard InChI is InChI=1S/C16H32N2OS/c1-4-6-11-14-16(19)18(15(17-14)10-5-2)12-8-7-9-13-20-3/h14-15,17H,4-13H2,1-3H3. The van der Waals surface area contributed by atoms with Crippen LogP contribution >= 0.6 is 11.8 Å². The molecule has 0 bridgehead atoms. The average Bonchev–Trinajstić information content (AvgIpc) is 2.73. The number of carbonyl (C=O) groups excluding carboxylic acids is 1. The van der Waals surface area contributed by atoms with Gasteiger partial charge >= 0.3 is 0 Å². The van der Waals surface area contributed by atoms with Crippen LogP contribution in [-0.2, 0) is 4.79 Å². The molecule has 1 saturated heterocycles. The molecule has 1 amide bonds. The van der Waals surface area contributed by atoms with Crippen LogP contribution in [0, 0.1) is 0 Å². The largest absolute Gasteiger partial charge is 0.326 e. The van der Waals surface area contributed by atoms with E-state index < -0.39 is 0 Å². The lowest BCUT2D eigenvalue weighted by molar-refractivity contribution is -0.130. The topological polar surface area (TPSA) is 32.3 Å². The van der Waals surface area contributed by atoms with Crippen LogP contribution in [0.4, 0.5) is 0 Å². The maximum absolute atomic E-state index is 12.5. The van der Waals surface area contributed by atoms with Crippen LogP contribution in [-0.4, -0.2) is 41.6 Å². The van der Waals surface area contributed by atoms with Gasteiger partial charge in [-0.05, 0) is 37.7 Å². The van der Waals surface area contributed by atoms with Gasteiger partial charge in [0, 0.05) is 6.54 Å². The Bertz CT molecular complexity index is 273. The summed E-state index contributed by atoms with van der Waals surface area (Å²) in [5.41, 5.74) is 0. The van der Waals surface area contributed by atoms with Crippen molar-refractivity contribution in [2.24, 2.45) is 0 Å². The SMILES string of the molecule is CCCCC1NC(CCC)N(CCCCCSC)C1=O. The van der Waals surface area contributed by atoms with E-state index in [-0.39, 0.29) is 12.2 Å². The Morgan fingerprint density at radius 1 is 1.10 bits per heavy atom. The second kappa shape index (κ2) is 10.5. The third-order valence-electron chi connectivity index (χ3n) is 4.01. The third-order valence-corrected chi connectivity index (χ3v) is 4.70. The fourth-order valence-corrected chi connectivity index (χ4v) is 3.34. The van der Waals surface area contributed by atoms with E-state index in [0.717, 1.165) is 38.6 Å². The molecule has 1 heterocycles. The van der Waals surface area contributed by atoms with Crippen molar-refractivity contribution >= 4 is 17.7 Å². The Balaban J connectivity index is 2.40. The predicted octanol–water partition coefficient (Wildman–Crippen LogP) is 3.64.